The van der Waals surface area contributed by atoms with E-state index in [1.165, 1.54) is 17.7 Å². The van der Waals surface area contributed by atoms with Gasteiger partial charge in [-0.1, -0.05) is 42.5 Å². The second-order valence-electron chi connectivity index (χ2n) is 6.24. The van der Waals surface area contributed by atoms with Crippen molar-refractivity contribution in [2.75, 3.05) is 13.1 Å². The topological polar surface area (TPSA) is 23.5 Å². The van der Waals surface area contributed by atoms with Gasteiger partial charge in [0.2, 0.25) is 0 Å². The highest BCUT2D eigenvalue weighted by Crippen LogP contribution is 2.35. The van der Waals surface area contributed by atoms with Crippen molar-refractivity contribution >= 4 is 0 Å². The molecular weight excluding hydrogens is 277 g/mol. The fourth-order valence-electron chi connectivity index (χ4n) is 3.44. The molecule has 0 aliphatic carbocycles. The normalized spacial score (nSPS) is 23.6. The first-order valence-electron chi connectivity index (χ1n) is 7.83. The Morgan fingerprint density at radius 2 is 1.77 bits per heavy atom. The van der Waals surface area contributed by atoms with Crippen molar-refractivity contribution in [1.82, 2.24) is 4.90 Å². The minimum Gasteiger partial charge on any atom is -0.393 e. The molecule has 3 atom stereocenters. The minimum atomic E-state index is -0.365. The van der Waals surface area contributed by atoms with Crippen LogP contribution in [0.1, 0.15) is 24.0 Å². The molecule has 0 saturated carbocycles. The van der Waals surface area contributed by atoms with Gasteiger partial charge in [0.1, 0.15) is 5.82 Å². The maximum atomic E-state index is 13.1. The van der Waals surface area contributed by atoms with E-state index >= 15 is 0 Å². The van der Waals surface area contributed by atoms with Crippen LogP contribution in [0.2, 0.25) is 0 Å². The third-order valence-corrected chi connectivity index (χ3v) is 4.61. The fourth-order valence-corrected chi connectivity index (χ4v) is 3.44. The van der Waals surface area contributed by atoms with E-state index in [0.29, 0.717) is 0 Å². The van der Waals surface area contributed by atoms with Gasteiger partial charge in [0, 0.05) is 31.5 Å². The summed E-state index contributed by atoms with van der Waals surface area (Å²) >= 11 is 0. The van der Waals surface area contributed by atoms with Crippen LogP contribution in [0.15, 0.2) is 54.6 Å². The first-order chi connectivity index (χ1) is 10.6. The molecule has 1 heterocycles. The van der Waals surface area contributed by atoms with Crippen LogP contribution in [0.5, 0.6) is 0 Å². The summed E-state index contributed by atoms with van der Waals surface area (Å²) in [6.07, 6.45) is -0.365. The van der Waals surface area contributed by atoms with Crippen LogP contribution in [0.25, 0.3) is 0 Å². The molecular formula is C19H22FNO. The largest absolute Gasteiger partial charge is 0.393 e. The predicted molar refractivity (Wildman–Crippen MR) is 86.0 cm³/mol. The first kappa shape index (κ1) is 15.2. The molecule has 3 heteroatoms. The number of benzene rings is 2. The number of nitrogens with zero attached hydrogens (tertiary/aromatic N) is 1. The molecule has 116 valence electrons. The van der Waals surface area contributed by atoms with Crippen molar-refractivity contribution in [3.63, 3.8) is 0 Å². The molecule has 2 aromatic carbocycles. The van der Waals surface area contributed by atoms with Crippen molar-refractivity contribution in [2.45, 2.75) is 25.5 Å². The lowest BCUT2D eigenvalue weighted by atomic mass is 9.86. The zero-order chi connectivity index (χ0) is 15.5. The Hall–Kier alpha value is -1.71. The third kappa shape index (κ3) is 3.37. The summed E-state index contributed by atoms with van der Waals surface area (Å²) in [5.74, 6) is 0.231. The summed E-state index contributed by atoms with van der Waals surface area (Å²) < 4.78 is 13.1. The Labute approximate surface area is 131 Å². The summed E-state index contributed by atoms with van der Waals surface area (Å²) in [7, 11) is 0. The fraction of sp³-hybridized carbons (Fsp3) is 0.368. The number of aliphatic hydroxyl groups is 1. The lowest BCUT2D eigenvalue weighted by Crippen LogP contribution is -2.25. The average Bonchev–Trinajstić information content (AvgIpc) is 2.93. The van der Waals surface area contributed by atoms with E-state index in [1.54, 1.807) is 0 Å². The summed E-state index contributed by atoms with van der Waals surface area (Å²) in [5, 5.41) is 10.1. The zero-order valence-corrected chi connectivity index (χ0v) is 12.8. The third-order valence-electron chi connectivity index (χ3n) is 4.61. The SMILES string of the molecule is CC(O)[C@H]1CN(Cc2ccccc2)C[C@@H]1c1ccc(F)cc1. The van der Waals surface area contributed by atoms with Crippen LogP contribution >= 0.6 is 0 Å². The van der Waals surface area contributed by atoms with Crippen molar-refractivity contribution in [3.8, 4) is 0 Å². The molecule has 22 heavy (non-hydrogen) atoms. The Kier molecular flexibility index (Phi) is 4.55. The van der Waals surface area contributed by atoms with E-state index < -0.39 is 0 Å². The van der Waals surface area contributed by atoms with E-state index in [1.807, 2.05) is 25.1 Å². The lowest BCUT2D eigenvalue weighted by Gasteiger charge is -2.21. The molecule has 1 aliphatic rings. The highest BCUT2D eigenvalue weighted by molar-refractivity contribution is 5.24. The van der Waals surface area contributed by atoms with Crippen molar-refractivity contribution in [3.05, 3.63) is 71.5 Å². The Morgan fingerprint density at radius 3 is 2.41 bits per heavy atom. The van der Waals surface area contributed by atoms with E-state index in [9.17, 15) is 9.50 Å². The van der Waals surface area contributed by atoms with Gasteiger partial charge in [-0.2, -0.15) is 0 Å². The molecule has 0 radical (unpaired) electrons. The van der Waals surface area contributed by atoms with Gasteiger partial charge in [-0.15, -0.1) is 0 Å². The molecule has 2 aromatic rings. The molecule has 1 saturated heterocycles. The van der Waals surface area contributed by atoms with Crippen LogP contribution in [-0.2, 0) is 6.54 Å². The molecule has 1 fully saturated rings. The minimum absolute atomic E-state index is 0.189. The maximum Gasteiger partial charge on any atom is 0.123 e. The molecule has 0 spiro atoms. The van der Waals surface area contributed by atoms with Gasteiger partial charge in [0.25, 0.3) is 0 Å². The number of likely N-dealkylation sites (tertiary alicyclic amines) is 1. The molecule has 1 N–H and O–H groups in total. The van der Waals surface area contributed by atoms with Gasteiger partial charge in [-0.05, 0) is 30.2 Å². The molecule has 0 aromatic heterocycles. The van der Waals surface area contributed by atoms with Crippen LogP contribution in [0.4, 0.5) is 4.39 Å². The molecule has 1 aliphatic heterocycles. The standard InChI is InChI=1S/C19H22FNO/c1-14(22)18-12-21(11-15-5-3-2-4-6-15)13-19(18)16-7-9-17(20)10-8-16/h2-10,14,18-19,22H,11-13H2,1H3/t14?,18-,19-/m1/s1. The molecule has 0 bridgehead atoms. The van der Waals surface area contributed by atoms with E-state index in [-0.39, 0.29) is 23.8 Å². The highest BCUT2D eigenvalue weighted by atomic mass is 19.1. The van der Waals surface area contributed by atoms with Crippen LogP contribution < -0.4 is 0 Å². The van der Waals surface area contributed by atoms with Crippen molar-refractivity contribution in [2.24, 2.45) is 5.92 Å². The zero-order valence-electron chi connectivity index (χ0n) is 12.8. The molecule has 1 unspecified atom stereocenters. The summed E-state index contributed by atoms with van der Waals surface area (Å²) in [4.78, 5) is 2.38. The lowest BCUT2D eigenvalue weighted by molar-refractivity contribution is 0.120. The van der Waals surface area contributed by atoms with Crippen LogP contribution in [-0.4, -0.2) is 29.2 Å². The average molecular weight is 299 g/mol. The molecule has 2 nitrogen and oxygen atoms in total. The van der Waals surface area contributed by atoms with Gasteiger partial charge >= 0.3 is 0 Å². The second-order valence-corrected chi connectivity index (χ2v) is 6.24. The number of rotatable bonds is 4. The van der Waals surface area contributed by atoms with Gasteiger partial charge in [0.15, 0.2) is 0 Å². The highest BCUT2D eigenvalue weighted by Gasteiger charge is 2.36. The van der Waals surface area contributed by atoms with Gasteiger partial charge < -0.3 is 5.11 Å². The number of aliphatic hydroxyl groups excluding tert-OH is 1. The van der Waals surface area contributed by atoms with Crippen molar-refractivity contribution < 1.29 is 9.50 Å². The van der Waals surface area contributed by atoms with E-state index in [2.05, 4.69) is 29.2 Å². The second kappa shape index (κ2) is 6.59. The first-order valence-corrected chi connectivity index (χ1v) is 7.83. The summed E-state index contributed by atoms with van der Waals surface area (Å²) in [6.45, 7) is 4.51. The number of halogens is 1. The number of hydrogen-bond acceptors (Lipinski definition) is 2. The maximum absolute atomic E-state index is 13.1. The van der Waals surface area contributed by atoms with Crippen LogP contribution in [0, 0.1) is 11.7 Å². The van der Waals surface area contributed by atoms with Gasteiger partial charge in [-0.25, -0.2) is 4.39 Å². The van der Waals surface area contributed by atoms with E-state index in [0.717, 1.165) is 25.2 Å². The quantitative estimate of drug-likeness (QED) is 0.935. The van der Waals surface area contributed by atoms with Gasteiger partial charge in [-0.3, -0.25) is 4.90 Å². The van der Waals surface area contributed by atoms with Crippen LogP contribution in [0.3, 0.4) is 0 Å². The smallest absolute Gasteiger partial charge is 0.123 e. The summed E-state index contributed by atoms with van der Waals surface area (Å²) in [5.41, 5.74) is 2.40. The van der Waals surface area contributed by atoms with Gasteiger partial charge in [0.05, 0.1) is 6.10 Å². The molecule has 3 rings (SSSR count). The Balaban J connectivity index is 1.76. The Morgan fingerprint density at radius 1 is 1.09 bits per heavy atom. The molecule has 0 amide bonds. The Bertz CT molecular complexity index is 597. The van der Waals surface area contributed by atoms with E-state index in [4.69, 9.17) is 0 Å². The number of hydrogen-bond donors (Lipinski definition) is 1. The monoisotopic (exact) mass is 299 g/mol. The summed E-state index contributed by atoms with van der Waals surface area (Å²) in [6, 6.07) is 17.1. The predicted octanol–water partition coefficient (Wildman–Crippen LogP) is 3.42. The van der Waals surface area contributed by atoms with Crippen molar-refractivity contribution in [1.29, 1.82) is 0 Å².